The summed E-state index contributed by atoms with van der Waals surface area (Å²) in [6, 6.07) is 15.6. The predicted octanol–water partition coefficient (Wildman–Crippen LogP) is 3.85. The number of aliphatic hydroxyl groups excluding tert-OH is 1. The number of benzene rings is 2. The van der Waals surface area contributed by atoms with Crippen LogP contribution >= 0.6 is 11.3 Å². The number of morpholine rings is 1. The van der Waals surface area contributed by atoms with Gasteiger partial charge < -0.3 is 20.1 Å². The van der Waals surface area contributed by atoms with E-state index in [9.17, 15) is 9.90 Å². The van der Waals surface area contributed by atoms with Gasteiger partial charge in [0.1, 0.15) is 0 Å². The summed E-state index contributed by atoms with van der Waals surface area (Å²) in [5.41, 5.74) is 4.19. The monoisotopic (exact) mass is 514 g/mol. The molecule has 10 heteroatoms. The normalized spacial score (nSPS) is 14.8. The molecule has 1 unspecified atom stereocenters. The standard InChI is InChI=1S/C27H26N6O3S/c1-16(34)14-28-27(35)18-5-2-4-17(12-18)23-13-22-24(37-23)26(33-8-10-36-11-9-33)31-25(30-22)19-6-3-7-21-20(19)15-29-32-21/h2-7,12-13,15-16,34H,8-11,14H2,1H3,(H,28,35)(H,29,32). The minimum atomic E-state index is -0.603. The Morgan fingerprint density at radius 1 is 1.19 bits per heavy atom. The van der Waals surface area contributed by atoms with Crippen molar-refractivity contribution in [2.75, 3.05) is 37.7 Å². The van der Waals surface area contributed by atoms with E-state index in [-0.39, 0.29) is 12.5 Å². The molecule has 1 fully saturated rings. The van der Waals surface area contributed by atoms with E-state index in [4.69, 9.17) is 14.7 Å². The summed E-state index contributed by atoms with van der Waals surface area (Å²) in [5, 5.41) is 20.5. The molecule has 9 nitrogen and oxygen atoms in total. The number of carbonyl (C=O) groups excluding carboxylic acids is 1. The Labute approximate surface area is 217 Å². The molecular weight excluding hydrogens is 488 g/mol. The minimum absolute atomic E-state index is 0.205. The molecule has 1 aliphatic heterocycles. The van der Waals surface area contributed by atoms with Crippen LogP contribution in [0.4, 0.5) is 5.82 Å². The fourth-order valence-corrected chi connectivity index (χ4v) is 5.60. The topological polar surface area (TPSA) is 116 Å². The number of fused-ring (bicyclic) bond motifs is 2. The van der Waals surface area contributed by atoms with Gasteiger partial charge in [-0.3, -0.25) is 9.89 Å². The number of anilines is 1. The second-order valence-electron chi connectivity index (χ2n) is 9.07. The highest BCUT2D eigenvalue weighted by Crippen LogP contribution is 2.39. The Balaban J connectivity index is 1.45. The van der Waals surface area contributed by atoms with Crippen LogP contribution in [0, 0.1) is 0 Å². The minimum Gasteiger partial charge on any atom is -0.392 e. The highest BCUT2D eigenvalue weighted by Gasteiger charge is 2.21. The number of nitrogens with one attached hydrogen (secondary N) is 2. The maximum atomic E-state index is 12.6. The zero-order valence-electron chi connectivity index (χ0n) is 20.3. The lowest BCUT2D eigenvalue weighted by atomic mass is 10.1. The van der Waals surface area contributed by atoms with E-state index in [0.29, 0.717) is 24.6 Å². The predicted molar refractivity (Wildman–Crippen MR) is 145 cm³/mol. The fourth-order valence-electron chi connectivity index (χ4n) is 4.49. The number of H-pyrrole nitrogens is 1. The molecule has 1 saturated heterocycles. The van der Waals surface area contributed by atoms with E-state index in [0.717, 1.165) is 56.0 Å². The second-order valence-corrected chi connectivity index (χ2v) is 10.1. The molecule has 5 aromatic rings. The summed E-state index contributed by atoms with van der Waals surface area (Å²) in [5.74, 6) is 1.33. The zero-order chi connectivity index (χ0) is 25.4. The Bertz CT molecular complexity index is 1590. The third-order valence-corrected chi connectivity index (χ3v) is 7.53. The van der Waals surface area contributed by atoms with Crippen LogP contribution in [-0.2, 0) is 4.74 Å². The first-order valence-electron chi connectivity index (χ1n) is 12.2. The molecule has 37 heavy (non-hydrogen) atoms. The molecule has 0 aliphatic carbocycles. The van der Waals surface area contributed by atoms with Crippen LogP contribution in [0.2, 0.25) is 0 Å². The Kier molecular flexibility index (Phi) is 6.29. The smallest absolute Gasteiger partial charge is 0.251 e. The van der Waals surface area contributed by atoms with Gasteiger partial charge in [0.2, 0.25) is 0 Å². The van der Waals surface area contributed by atoms with Crippen LogP contribution in [0.3, 0.4) is 0 Å². The molecule has 0 radical (unpaired) electrons. The molecule has 4 heterocycles. The first kappa shape index (κ1) is 23.5. The van der Waals surface area contributed by atoms with Crippen LogP contribution in [0.15, 0.2) is 54.7 Å². The number of aromatic nitrogens is 4. The first-order chi connectivity index (χ1) is 18.1. The van der Waals surface area contributed by atoms with Crippen molar-refractivity contribution in [1.29, 1.82) is 0 Å². The van der Waals surface area contributed by atoms with Crippen molar-refractivity contribution < 1.29 is 14.6 Å². The molecule has 0 saturated carbocycles. The Morgan fingerprint density at radius 2 is 2.03 bits per heavy atom. The third-order valence-electron chi connectivity index (χ3n) is 6.36. The van der Waals surface area contributed by atoms with Crippen molar-refractivity contribution in [3.63, 3.8) is 0 Å². The number of thiophene rings is 1. The molecule has 6 rings (SSSR count). The van der Waals surface area contributed by atoms with Crippen LogP contribution in [-0.4, -0.2) is 70.1 Å². The maximum Gasteiger partial charge on any atom is 0.251 e. The van der Waals surface area contributed by atoms with E-state index in [1.165, 1.54) is 0 Å². The van der Waals surface area contributed by atoms with E-state index in [1.807, 2.05) is 36.4 Å². The largest absolute Gasteiger partial charge is 0.392 e. The van der Waals surface area contributed by atoms with Crippen molar-refractivity contribution in [1.82, 2.24) is 25.5 Å². The lowest BCUT2D eigenvalue weighted by molar-refractivity contribution is 0.0924. The number of amides is 1. The molecule has 1 aliphatic rings. The van der Waals surface area contributed by atoms with Gasteiger partial charge in [-0.2, -0.15) is 5.10 Å². The molecule has 1 atom stereocenters. The van der Waals surface area contributed by atoms with Crippen molar-refractivity contribution >= 4 is 44.2 Å². The summed E-state index contributed by atoms with van der Waals surface area (Å²) in [4.78, 5) is 25.9. The number of nitrogens with zero attached hydrogens (tertiary/aromatic N) is 4. The van der Waals surface area contributed by atoms with E-state index < -0.39 is 6.10 Å². The highest BCUT2D eigenvalue weighted by molar-refractivity contribution is 7.22. The van der Waals surface area contributed by atoms with Gasteiger partial charge in [0.05, 0.1) is 41.2 Å². The van der Waals surface area contributed by atoms with Crippen molar-refractivity contribution in [2.45, 2.75) is 13.0 Å². The summed E-state index contributed by atoms with van der Waals surface area (Å²) < 4.78 is 6.60. The third kappa shape index (κ3) is 4.66. The number of hydrogen-bond donors (Lipinski definition) is 3. The highest BCUT2D eigenvalue weighted by atomic mass is 32.1. The van der Waals surface area contributed by atoms with Crippen molar-refractivity contribution in [3.05, 3.63) is 60.3 Å². The quantitative estimate of drug-likeness (QED) is 0.315. The maximum absolute atomic E-state index is 12.6. The van der Waals surface area contributed by atoms with Crippen LogP contribution in [0.1, 0.15) is 17.3 Å². The summed E-state index contributed by atoms with van der Waals surface area (Å²) in [7, 11) is 0. The average Bonchev–Trinajstić information content (AvgIpc) is 3.59. The van der Waals surface area contributed by atoms with Crippen LogP contribution in [0.5, 0.6) is 0 Å². The van der Waals surface area contributed by atoms with Crippen molar-refractivity contribution in [2.24, 2.45) is 0 Å². The van der Waals surface area contributed by atoms with Gasteiger partial charge in [0.15, 0.2) is 11.6 Å². The van der Waals surface area contributed by atoms with Gasteiger partial charge in [-0.15, -0.1) is 11.3 Å². The van der Waals surface area contributed by atoms with E-state index in [1.54, 1.807) is 30.5 Å². The molecular formula is C27H26N6O3S. The van der Waals surface area contributed by atoms with E-state index in [2.05, 4.69) is 26.5 Å². The SMILES string of the molecule is CC(O)CNC(=O)c1cccc(-c2cc3nc(-c4cccc5[nH]ncc45)nc(N4CCOCC4)c3s2)c1. The van der Waals surface area contributed by atoms with Gasteiger partial charge in [-0.1, -0.05) is 24.3 Å². The molecule has 0 spiro atoms. The fraction of sp³-hybridized carbons (Fsp3) is 0.259. The second kappa shape index (κ2) is 9.89. The number of aromatic amines is 1. The molecule has 1 amide bonds. The summed E-state index contributed by atoms with van der Waals surface area (Å²) in [6.07, 6.45) is 1.20. The van der Waals surface area contributed by atoms with Gasteiger partial charge in [0.25, 0.3) is 5.91 Å². The lowest BCUT2D eigenvalue weighted by Crippen LogP contribution is -2.36. The molecule has 2 aromatic carbocycles. The molecule has 188 valence electrons. The lowest BCUT2D eigenvalue weighted by Gasteiger charge is -2.28. The Morgan fingerprint density at radius 3 is 2.86 bits per heavy atom. The number of carbonyl (C=O) groups is 1. The number of aliphatic hydroxyl groups is 1. The molecule has 0 bridgehead atoms. The van der Waals surface area contributed by atoms with Crippen LogP contribution < -0.4 is 10.2 Å². The number of hydrogen-bond acceptors (Lipinski definition) is 8. The average molecular weight is 515 g/mol. The van der Waals surface area contributed by atoms with Gasteiger partial charge in [-0.05, 0) is 36.8 Å². The number of ether oxygens (including phenoxy) is 1. The van der Waals surface area contributed by atoms with Crippen LogP contribution in [0.25, 0.3) is 42.9 Å². The molecule has 3 aromatic heterocycles. The summed E-state index contributed by atoms with van der Waals surface area (Å²) >= 11 is 1.62. The van der Waals surface area contributed by atoms with E-state index >= 15 is 0 Å². The number of rotatable bonds is 6. The van der Waals surface area contributed by atoms with Gasteiger partial charge in [-0.25, -0.2) is 9.97 Å². The van der Waals surface area contributed by atoms with Gasteiger partial charge in [0, 0.05) is 41.0 Å². The van der Waals surface area contributed by atoms with Crippen molar-refractivity contribution in [3.8, 4) is 21.8 Å². The summed E-state index contributed by atoms with van der Waals surface area (Å²) in [6.45, 7) is 4.67. The first-order valence-corrected chi connectivity index (χ1v) is 13.0. The molecule has 3 N–H and O–H groups in total. The zero-order valence-corrected chi connectivity index (χ0v) is 21.1. The van der Waals surface area contributed by atoms with Gasteiger partial charge >= 0.3 is 0 Å². The Hall–Kier alpha value is -3.86.